The predicted octanol–water partition coefficient (Wildman–Crippen LogP) is 3.49. The van der Waals surface area contributed by atoms with Crippen LogP contribution in [0.3, 0.4) is 0 Å². The molecule has 4 nitrogen and oxygen atoms in total. The summed E-state index contributed by atoms with van der Waals surface area (Å²) in [6, 6.07) is 28.8. The monoisotopic (exact) mass is 375 g/mol. The molecular weight excluding hydrogens is 350 g/mol. The summed E-state index contributed by atoms with van der Waals surface area (Å²) in [7, 11) is 1.33. The Bertz CT molecular complexity index is 783. The van der Waals surface area contributed by atoms with Crippen molar-refractivity contribution in [2.24, 2.45) is 0 Å². The first-order valence-corrected chi connectivity index (χ1v) is 9.29. The van der Waals surface area contributed by atoms with Crippen molar-refractivity contribution in [1.82, 2.24) is 5.32 Å². The number of carbonyl (C=O) groups is 1. The minimum absolute atomic E-state index is 0.512. The highest BCUT2D eigenvalue weighted by Gasteiger charge is 2.41. The van der Waals surface area contributed by atoms with Crippen LogP contribution in [0.4, 0.5) is 0 Å². The van der Waals surface area contributed by atoms with Gasteiger partial charge in [0.25, 0.3) is 0 Å². The molecule has 3 aromatic rings. The molecule has 0 aliphatic heterocycles. The molecule has 2 atom stereocenters. The molecule has 1 unspecified atom stereocenters. The summed E-state index contributed by atoms with van der Waals surface area (Å²) < 4.78 is 4.97. The van der Waals surface area contributed by atoms with Gasteiger partial charge in [0.1, 0.15) is 6.04 Å². The minimum Gasteiger partial charge on any atom is -0.468 e. The predicted molar refractivity (Wildman–Crippen MR) is 110 cm³/mol. The Morgan fingerprint density at radius 2 is 1.18 bits per heavy atom. The highest BCUT2D eigenvalue weighted by molar-refractivity contribution is 5.77. The Hall–Kier alpha value is -2.95. The van der Waals surface area contributed by atoms with E-state index in [1.165, 1.54) is 7.11 Å². The maximum atomic E-state index is 12.5. The van der Waals surface area contributed by atoms with Gasteiger partial charge in [-0.1, -0.05) is 91.0 Å². The number of rotatable bonds is 7. The lowest BCUT2D eigenvalue weighted by atomic mass is 9.76. The number of hydrogen-bond donors (Lipinski definition) is 2. The van der Waals surface area contributed by atoms with Gasteiger partial charge in [0.15, 0.2) is 0 Å². The summed E-state index contributed by atoms with van der Waals surface area (Å²) in [4.78, 5) is 12.5. The van der Waals surface area contributed by atoms with E-state index in [0.717, 1.165) is 16.7 Å². The van der Waals surface area contributed by atoms with Crippen molar-refractivity contribution in [1.29, 1.82) is 0 Å². The van der Waals surface area contributed by atoms with Crippen LogP contribution < -0.4 is 5.32 Å². The molecule has 3 rings (SSSR count). The van der Waals surface area contributed by atoms with Crippen molar-refractivity contribution >= 4 is 5.97 Å². The molecule has 0 fully saturated rings. The van der Waals surface area contributed by atoms with Crippen LogP contribution in [-0.2, 0) is 15.1 Å². The smallest absolute Gasteiger partial charge is 0.325 e. The Kier molecular flexibility index (Phi) is 6.24. The van der Waals surface area contributed by atoms with Crippen molar-refractivity contribution in [3.05, 3.63) is 108 Å². The molecular formula is C24H25NO3. The third-order valence-corrected chi connectivity index (χ3v) is 4.93. The number of benzene rings is 3. The van der Waals surface area contributed by atoms with Gasteiger partial charge in [-0.15, -0.1) is 0 Å². The lowest BCUT2D eigenvalue weighted by Gasteiger charge is -2.40. The van der Waals surface area contributed by atoms with Crippen LogP contribution in [0.5, 0.6) is 0 Å². The van der Waals surface area contributed by atoms with E-state index in [2.05, 4.69) is 5.32 Å². The molecule has 4 heteroatoms. The fourth-order valence-corrected chi connectivity index (χ4v) is 3.55. The standard InChI is InChI=1S/C24H25NO3/c1-18(26)22(23(27)28-2)25-24(19-12-6-3-7-13-19,20-14-8-4-9-15-20)21-16-10-5-11-17-21/h3-18,22,25-26H,1-2H3/t18-,22?/m0/s1. The summed E-state index contributed by atoms with van der Waals surface area (Å²) in [5.74, 6) is -0.512. The topological polar surface area (TPSA) is 58.6 Å². The first-order chi connectivity index (χ1) is 13.6. The normalized spacial score (nSPS) is 13.5. The van der Waals surface area contributed by atoms with E-state index in [-0.39, 0.29) is 0 Å². The maximum Gasteiger partial charge on any atom is 0.325 e. The van der Waals surface area contributed by atoms with Gasteiger partial charge < -0.3 is 9.84 Å². The molecule has 0 radical (unpaired) electrons. The molecule has 0 aromatic heterocycles. The molecule has 0 aliphatic carbocycles. The average Bonchev–Trinajstić information content (AvgIpc) is 2.76. The van der Waals surface area contributed by atoms with Crippen LogP contribution in [0.1, 0.15) is 23.6 Å². The zero-order valence-corrected chi connectivity index (χ0v) is 16.1. The fourth-order valence-electron chi connectivity index (χ4n) is 3.55. The lowest BCUT2D eigenvalue weighted by Crippen LogP contribution is -2.56. The highest BCUT2D eigenvalue weighted by Crippen LogP contribution is 2.37. The van der Waals surface area contributed by atoms with E-state index in [0.29, 0.717) is 0 Å². The lowest BCUT2D eigenvalue weighted by molar-refractivity contribution is -0.146. The van der Waals surface area contributed by atoms with Gasteiger partial charge in [-0.2, -0.15) is 0 Å². The van der Waals surface area contributed by atoms with Crippen molar-refractivity contribution in [2.75, 3.05) is 7.11 Å². The van der Waals surface area contributed by atoms with Crippen LogP contribution >= 0.6 is 0 Å². The van der Waals surface area contributed by atoms with E-state index in [9.17, 15) is 9.90 Å². The van der Waals surface area contributed by atoms with Gasteiger partial charge in [-0.25, -0.2) is 0 Å². The second kappa shape index (κ2) is 8.83. The molecule has 2 N–H and O–H groups in total. The zero-order chi connectivity index (χ0) is 20.0. The van der Waals surface area contributed by atoms with Crippen LogP contribution in [0.15, 0.2) is 91.0 Å². The molecule has 0 saturated heterocycles. The highest BCUT2D eigenvalue weighted by atomic mass is 16.5. The number of ether oxygens (including phenoxy) is 1. The van der Waals surface area contributed by atoms with Crippen molar-refractivity contribution in [3.63, 3.8) is 0 Å². The number of aliphatic hydroxyl groups is 1. The molecule has 0 aliphatic rings. The van der Waals surface area contributed by atoms with E-state index >= 15 is 0 Å². The van der Waals surface area contributed by atoms with Gasteiger partial charge in [0.05, 0.1) is 18.8 Å². The van der Waals surface area contributed by atoms with Crippen LogP contribution in [0, 0.1) is 0 Å². The van der Waals surface area contributed by atoms with E-state index in [4.69, 9.17) is 4.74 Å². The van der Waals surface area contributed by atoms with Gasteiger partial charge in [0, 0.05) is 0 Å². The van der Waals surface area contributed by atoms with Crippen LogP contribution in [0.2, 0.25) is 0 Å². The number of carbonyl (C=O) groups excluding carboxylic acids is 1. The maximum absolute atomic E-state index is 12.5. The minimum atomic E-state index is -0.942. The Morgan fingerprint density at radius 1 is 0.821 bits per heavy atom. The Morgan fingerprint density at radius 3 is 1.46 bits per heavy atom. The fraction of sp³-hybridized carbons (Fsp3) is 0.208. The van der Waals surface area contributed by atoms with Crippen LogP contribution in [0.25, 0.3) is 0 Å². The molecule has 144 valence electrons. The molecule has 0 spiro atoms. The molecule has 0 heterocycles. The molecule has 0 saturated carbocycles. The SMILES string of the molecule is COC(=O)C(NC(c1ccccc1)(c1ccccc1)c1ccccc1)[C@H](C)O. The number of nitrogens with one attached hydrogen (secondary N) is 1. The number of aliphatic hydroxyl groups excluding tert-OH is 1. The number of esters is 1. The first kappa shape index (κ1) is 19.8. The second-order valence-electron chi connectivity index (χ2n) is 6.73. The molecule has 28 heavy (non-hydrogen) atoms. The average molecular weight is 375 g/mol. The van der Waals surface area contributed by atoms with Gasteiger partial charge in [-0.3, -0.25) is 10.1 Å². The molecule has 3 aromatic carbocycles. The summed E-state index contributed by atoms with van der Waals surface area (Å²) in [6.07, 6.45) is -0.942. The van der Waals surface area contributed by atoms with Gasteiger partial charge in [-0.05, 0) is 23.6 Å². The third-order valence-electron chi connectivity index (χ3n) is 4.93. The van der Waals surface area contributed by atoms with Crippen molar-refractivity contribution in [3.8, 4) is 0 Å². The quantitative estimate of drug-likeness (QED) is 0.490. The van der Waals surface area contributed by atoms with Crippen molar-refractivity contribution < 1.29 is 14.6 Å². The van der Waals surface area contributed by atoms with Crippen LogP contribution in [-0.4, -0.2) is 30.3 Å². The Balaban J connectivity index is 2.29. The van der Waals surface area contributed by atoms with E-state index < -0.39 is 23.7 Å². The zero-order valence-electron chi connectivity index (χ0n) is 16.1. The summed E-state index contributed by atoms with van der Waals surface area (Å²) in [6.45, 7) is 1.58. The summed E-state index contributed by atoms with van der Waals surface area (Å²) in [5.41, 5.74) is 2.03. The number of hydrogen-bond acceptors (Lipinski definition) is 4. The van der Waals surface area contributed by atoms with Gasteiger partial charge in [0.2, 0.25) is 0 Å². The van der Waals surface area contributed by atoms with E-state index in [1.807, 2.05) is 91.0 Å². The Labute approximate surface area is 165 Å². The molecule has 0 amide bonds. The van der Waals surface area contributed by atoms with Gasteiger partial charge >= 0.3 is 5.97 Å². The first-order valence-electron chi connectivity index (χ1n) is 9.29. The van der Waals surface area contributed by atoms with E-state index in [1.54, 1.807) is 6.92 Å². The second-order valence-corrected chi connectivity index (χ2v) is 6.73. The van der Waals surface area contributed by atoms with Crippen molar-refractivity contribution in [2.45, 2.75) is 24.6 Å². The summed E-state index contributed by atoms with van der Waals surface area (Å²) in [5, 5.41) is 13.8. The summed E-state index contributed by atoms with van der Waals surface area (Å²) >= 11 is 0. The largest absolute Gasteiger partial charge is 0.468 e. The number of methoxy groups -OCH3 is 1. The third kappa shape index (κ3) is 3.84. The molecule has 0 bridgehead atoms.